The Balaban J connectivity index is 1.57. The van der Waals surface area contributed by atoms with Crippen LogP contribution >= 0.6 is 0 Å². The van der Waals surface area contributed by atoms with E-state index in [1.165, 1.54) is 4.57 Å². The van der Waals surface area contributed by atoms with E-state index in [1.807, 2.05) is 49.4 Å². The summed E-state index contributed by atoms with van der Waals surface area (Å²) >= 11 is 0. The van der Waals surface area contributed by atoms with Crippen LogP contribution in [0.5, 0.6) is 0 Å². The summed E-state index contributed by atoms with van der Waals surface area (Å²) in [6, 6.07) is 19.8. The first-order chi connectivity index (χ1) is 19.5. The van der Waals surface area contributed by atoms with Gasteiger partial charge in [0, 0.05) is 47.9 Å². The molecule has 0 aliphatic heterocycles. The lowest BCUT2D eigenvalue weighted by atomic mass is 9.86. The van der Waals surface area contributed by atoms with Gasteiger partial charge in [0.15, 0.2) is 5.82 Å². The lowest BCUT2D eigenvalue weighted by Gasteiger charge is -2.19. The van der Waals surface area contributed by atoms with Crippen molar-refractivity contribution in [3.05, 3.63) is 106 Å². The number of carbonyl (C=O) groups excluding carboxylic acids is 2. The zero-order chi connectivity index (χ0) is 29.7. The van der Waals surface area contributed by atoms with E-state index in [4.69, 9.17) is 5.11 Å². The molecule has 0 spiro atoms. The second-order valence-electron chi connectivity index (χ2n) is 10.8. The highest BCUT2D eigenvalue weighted by Gasteiger charge is 2.17. The topological polar surface area (TPSA) is 125 Å². The van der Waals surface area contributed by atoms with Gasteiger partial charge in [-0.25, -0.2) is 4.98 Å². The summed E-state index contributed by atoms with van der Waals surface area (Å²) in [7, 11) is 1.65. The maximum atomic E-state index is 13.0. The zero-order valence-electron chi connectivity index (χ0n) is 23.9. The van der Waals surface area contributed by atoms with Gasteiger partial charge in [-0.2, -0.15) is 0 Å². The number of amides is 2. The van der Waals surface area contributed by atoms with Crippen LogP contribution in [-0.4, -0.2) is 39.6 Å². The summed E-state index contributed by atoms with van der Waals surface area (Å²) in [4.78, 5) is 42.6. The minimum absolute atomic E-state index is 0.00296. The van der Waals surface area contributed by atoms with Gasteiger partial charge in [0.1, 0.15) is 0 Å². The molecule has 2 amide bonds. The molecular formula is C32H35N5O4. The number of nitrogens with zero attached hydrogens (tertiary/aromatic N) is 2. The minimum Gasteiger partial charge on any atom is -0.395 e. The first kappa shape index (κ1) is 29.2. The van der Waals surface area contributed by atoms with E-state index in [0.29, 0.717) is 28.2 Å². The van der Waals surface area contributed by atoms with Gasteiger partial charge in [0.05, 0.1) is 12.3 Å². The molecule has 0 unspecified atom stereocenters. The highest BCUT2D eigenvalue weighted by molar-refractivity contribution is 6.05. The molecule has 4 rings (SSSR count). The lowest BCUT2D eigenvalue weighted by Crippen LogP contribution is -2.26. The molecule has 3 aromatic carbocycles. The molecule has 1 aromatic heterocycles. The van der Waals surface area contributed by atoms with Crippen LogP contribution < -0.4 is 21.5 Å². The van der Waals surface area contributed by atoms with Crippen molar-refractivity contribution in [1.29, 1.82) is 0 Å². The molecule has 4 aromatic rings. The third-order valence-electron chi connectivity index (χ3n) is 6.75. The number of anilines is 3. The van der Waals surface area contributed by atoms with Crippen LogP contribution in [0.3, 0.4) is 0 Å². The number of aliphatic hydroxyl groups excluding tert-OH is 1. The Labute approximate surface area is 239 Å². The zero-order valence-corrected chi connectivity index (χ0v) is 23.9. The number of hydrogen-bond acceptors (Lipinski definition) is 6. The second-order valence-corrected chi connectivity index (χ2v) is 10.8. The molecule has 9 nitrogen and oxygen atoms in total. The minimum atomic E-state index is -0.320. The number of nitrogens with one attached hydrogen (secondary N) is 3. The van der Waals surface area contributed by atoms with Gasteiger partial charge >= 0.3 is 0 Å². The summed E-state index contributed by atoms with van der Waals surface area (Å²) < 4.78 is 1.45. The Morgan fingerprint density at radius 2 is 1.56 bits per heavy atom. The summed E-state index contributed by atoms with van der Waals surface area (Å²) in [5.74, 6) is -0.392. The normalized spacial score (nSPS) is 11.2. The first-order valence-corrected chi connectivity index (χ1v) is 13.3. The molecule has 0 aliphatic rings. The number of aryl methyl sites for hydroxylation is 1. The maximum absolute atomic E-state index is 13.0. The van der Waals surface area contributed by atoms with E-state index >= 15 is 0 Å². The third-order valence-corrected chi connectivity index (χ3v) is 6.75. The van der Waals surface area contributed by atoms with Gasteiger partial charge in [-0.3, -0.25) is 14.4 Å². The van der Waals surface area contributed by atoms with Crippen LogP contribution in [0, 0.1) is 6.92 Å². The van der Waals surface area contributed by atoms with Crippen molar-refractivity contribution in [2.45, 2.75) is 33.1 Å². The predicted octanol–water partition coefficient (Wildman–Crippen LogP) is 4.77. The fourth-order valence-electron chi connectivity index (χ4n) is 4.30. The van der Waals surface area contributed by atoms with E-state index in [-0.39, 0.29) is 41.8 Å². The monoisotopic (exact) mass is 553 g/mol. The van der Waals surface area contributed by atoms with Crippen LogP contribution in [0.15, 0.2) is 77.7 Å². The standard InChI is InChI=1S/C32H35N5O4/c1-20-25(7-6-8-26(20)36-30(40)22-9-13-23(14-10-22)32(2,3)4)27-19-37(5)31(41)28(35-27)34-24-15-11-21(12-16-24)29(39)33-17-18-38/h6-16,19,38H,17-18H2,1-5H3,(H,33,39)(H,34,35)(H,36,40). The molecule has 0 radical (unpaired) electrons. The number of aliphatic hydroxyl groups is 1. The Kier molecular flexibility index (Phi) is 8.68. The fourth-order valence-corrected chi connectivity index (χ4v) is 4.30. The van der Waals surface area contributed by atoms with E-state index in [2.05, 4.69) is 41.7 Å². The maximum Gasteiger partial charge on any atom is 0.293 e. The van der Waals surface area contributed by atoms with Crippen LogP contribution in [0.25, 0.3) is 11.3 Å². The highest BCUT2D eigenvalue weighted by atomic mass is 16.3. The van der Waals surface area contributed by atoms with Crippen LogP contribution in [-0.2, 0) is 12.5 Å². The number of benzene rings is 3. The molecule has 9 heteroatoms. The Morgan fingerprint density at radius 3 is 2.20 bits per heavy atom. The summed E-state index contributed by atoms with van der Waals surface area (Å²) in [5, 5.41) is 17.5. The molecule has 0 fully saturated rings. The number of carbonyl (C=O) groups is 2. The Hall–Kier alpha value is -4.76. The van der Waals surface area contributed by atoms with Crippen molar-refractivity contribution in [3.8, 4) is 11.3 Å². The summed E-state index contributed by atoms with van der Waals surface area (Å²) in [6.45, 7) is 8.31. The summed E-state index contributed by atoms with van der Waals surface area (Å²) in [6.07, 6.45) is 1.65. The average Bonchev–Trinajstić information content (AvgIpc) is 2.95. The molecule has 212 valence electrons. The van der Waals surface area contributed by atoms with Crippen molar-refractivity contribution in [3.63, 3.8) is 0 Å². The fraction of sp³-hybridized carbons (Fsp3) is 0.250. The smallest absolute Gasteiger partial charge is 0.293 e. The van der Waals surface area contributed by atoms with Gasteiger partial charge in [0.2, 0.25) is 0 Å². The molecule has 0 aliphatic carbocycles. The Bertz CT molecular complexity index is 1620. The van der Waals surface area contributed by atoms with Gasteiger partial charge in [0.25, 0.3) is 17.4 Å². The van der Waals surface area contributed by atoms with Crippen molar-refractivity contribution in [1.82, 2.24) is 14.9 Å². The predicted molar refractivity (Wildman–Crippen MR) is 162 cm³/mol. The van der Waals surface area contributed by atoms with E-state index in [1.54, 1.807) is 37.5 Å². The average molecular weight is 554 g/mol. The van der Waals surface area contributed by atoms with Crippen LogP contribution in [0.1, 0.15) is 52.6 Å². The van der Waals surface area contributed by atoms with E-state index in [9.17, 15) is 14.4 Å². The number of hydrogen-bond donors (Lipinski definition) is 4. The highest BCUT2D eigenvalue weighted by Crippen LogP contribution is 2.29. The van der Waals surface area contributed by atoms with Crippen molar-refractivity contribution < 1.29 is 14.7 Å². The molecule has 1 heterocycles. The quantitative estimate of drug-likeness (QED) is 0.249. The van der Waals surface area contributed by atoms with Crippen molar-refractivity contribution >= 4 is 29.0 Å². The molecule has 41 heavy (non-hydrogen) atoms. The summed E-state index contributed by atoms with van der Waals surface area (Å²) in [5.41, 5.74) is 5.17. The molecule has 0 bridgehead atoms. The Morgan fingerprint density at radius 1 is 0.927 bits per heavy atom. The van der Waals surface area contributed by atoms with Crippen molar-refractivity contribution in [2.75, 3.05) is 23.8 Å². The molecule has 4 N–H and O–H groups in total. The van der Waals surface area contributed by atoms with Crippen LogP contribution in [0.4, 0.5) is 17.2 Å². The van der Waals surface area contributed by atoms with Crippen LogP contribution in [0.2, 0.25) is 0 Å². The van der Waals surface area contributed by atoms with Crippen molar-refractivity contribution in [2.24, 2.45) is 7.05 Å². The SMILES string of the molecule is Cc1c(NC(=O)c2ccc(C(C)(C)C)cc2)cccc1-c1cn(C)c(=O)c(Nc2ccc(C(=O)NCCO)cc2)n1. The van der Waals surface area contributed by atoms with Gasteiger partial charge in [-0.1, -0.05) is 45.0 Å². The van der Waals surface area contributed by atoms with Gasteiger partial charge in [-0.05, 0) is 65.9 Å². The van der Waals surface area contributed by atoms with E-state index < -0.39 is 0 Å². The van der Waals surface area contributed by atoms with Gasteiger partial charge in [-0.15, -0.1) is 0 Å². The third kappa shape index (κ3) is 6.88. The second kappa shape index (κ2) is 12.2. The number of rotatable bonds is 8. The molecule has 0 saturated carbocycles. The first-order valence-electron chi connectivity index (χ1n) is 13.3. The lowest BCUT2D eigenvalue weighted by molar-refractivity contribution is 0.0944. The van der Waals surface area contributed by atoms with E-state index in [0.717, 1.165) is 16.7 Å². The number of aromatic nitrogens is 2. The molecular weight excluding hydrogens is 518 g/mol. The molecule has 0 saturated heterocycles. The largest absolute Gasteiger partial charge is 0.395 e. The van der Waals surface area contributed by atoms with Gasteiger partial charge < -0.3 is 25.6 Å². The molecule has 0 atom stereocenters.